The van der Waals surface area contributed by atoms with Crippen LogP contribution in [0.1, 0.15) is 33.9 Å². The molecule has 90 valence electrons. The maximum atomic E-state index is 6.53. The monoisotopic (exact) mass is 328 g/mol. The zero-order chi connectivity index (χ0) is 12.4. The SMILES string of the molecule is CCc1ccc(C(Cl)c2cc(Br)sc2C)cc1. The molecule has 0 spiro atoms. The van der Waals surface area contributed by atoms with E-state index in [0.29, 0.717) is 0 Å². The molecule has 1 aromatic carbocycles. The summed E-state index contributed by atoms with van der Waals surface area (Å²) in [5.41, 5.74) is 3.71. The van der Waals surface area contributed by atoms with Gasteiger partial charge in [-0.2, -0.15) is 0 Å². The summed E-state index contributed by atoms with van der Waals surface area (Å²) < 4.78 is 1.14. The lowest BCUT2D eigenvalue weighted by molar-refractivity contribution is 1.10. The molecular formula is C14H14BrClS. The molecule has 0 aliphatic rings. The summed E-state index contributed by atoms with van der Waals surface area (Å²) in [6.45, 7) is 4.27. The van der Waals surface area contributed by atoms with Crippen LogP contribution in [0.4, 0.5) is 0 Å². The Morgan fingerprint density at radius 2 is 1.94 bits per heavy atom. The normalized spacial score (nSPS) is 12.7. The molecule has 0 radical (unpaired) electrons. The Kier molecular flexibility index (Phi) is 4.29. The van der Waals surface area contributed by atoms with Crippen molar-refractivity contribution < 1.29 is 0 Å². The van der Waals surface area contributed by atoms with Gasteiger partial charge in [-0.25, -0.2) is 0 Å². The maximum absolute atomic E-state index is 6.53. The minimum Gasteiger partial charge on any atom is -0.133 e. The van der Waals surface area contributed by atoms with Gasteiger partial charge in [0.1, 0.15) is 0 Å². The van der Waals surface area contributed by atoms with E-state index in [2.05, 4.69) is 60.1 Å². The zero-order valence-electron chi connectivity index (χ0n) is 9.84. The molecule has 1 heterocycles. The van der Waals surface area contributed by atoms with Crippen molar-refractivity contribution in [2.75, 3.05) is 0 Å². The average molecular weight is 330 g/mol. The molecule has 0 fully saturated rings. The summed E-state index contributed by atoms with van der Waals surface area (Å²) in [7, 11) is 0. The first-order valence-electron chi connectivity index (χ1n) is 5.60. The van der Waals surface area contributed by atoms with E-state index in [4.69, 9.17) is 11.6 Å². The third kappa shape index (κ3) is 2.93. The van der Waals surface area contributed by atoms with Gasteiger partial charge in [-0.1, -0.05) is 31.2 Å². The van der Waals surface area contributed by atoms with Crippen LogP contribution in [0.2, 0.25) is 0 Å². The summed E-state index contributed by atoms with van der Waals surface area (Å²) in [5.74, 6) is 0. The second-order valence-corrected chi connectivity index (χ2v) is 7.09. The third-order valence-corrected chi connectivity index (χ3v) is 4.94. The van der Waals surface area contributed by atoms with E-state index in [9.17, 15) is 0 Å². The number of hydrogen-bond acceptors (Lipinski definition) is 1. The Balaban J connectivity index is 2.30. The first-order valence-corrected chi connectivity index (χ1v) is 7.65. The van der Waals surface area contributed by atoms with Crippen LogP contribution < -0.4 is 0 Å². The molecule has 1 unspecified atom stereocenters. The fourth-order valence-electron chi connectivity index (χ4n) is 1.81. The van der Waals surface area contributed by atoms with E-state index in [1.54, 1.807) is 11.3 Å². The molecule has 0 nitrogen and oxygen atoms in total. The number of aryl methyl sites for hydroxylation is 2. The Morgan fingerprint density at radius 1 is 1.29 bits per heavy atom. The van der Waals surface area contributed by atoms with Crippen LogP contribution in [0.3, 0.4) is 0 Å². The van der Waals surface area contributed by atoms with E-state index in [-0.39, 0.29) is 5.38 Å². The molecular weight excluding hydrogens is 316 g/mol. The van der Waals surface area contributed by atoms with Crippen molar-refractivity contribution in [1.29, 1.82) is 0 Å². The van der Waals surface area contributed by atoms with E-state index in [1.807, 2.05) is 0 Å². The average Bonchev–Trinajstić information content (AvgIpc) is 2.68. The van der Waals surface area contributed by atoms with Gasteiger partial charge >= 0.3 is 0 Å². The van der Waals surface area contributed by atoms with Crippen LogP contribution in [0, 0.1) is 6.92 Å². The number of rotatable bonds is 3. The lowest BCUT2D eigenvalue weighted by atomic mass is 10.0. The van der Waals surface area contributed by atoms with Crippen LogP contribution >= 0.6 is 38.9 Å². The standard InChI is InChI=1S/C14H14BrClS/c1-3-10-4-6-11(7-5-10)14(16)12-8-13(15)17-9(12)2/h4-8,14H,3H2,1-2H3. The van der Waals surface area contributed by atoms with Crippen LogP contribution in [-0.2, 0) is 6.42 Å². The topological polar surface area (TPSA) is 0 Å². The quantitative estimate of drug-likeness (QED) is 0.633. The van der Waals surface area contributed by atoms with Gasteiger partial charge in [-0.05, 0) is 52.0 Å². The fraction of sp³-hybridized carbons (Fsp3) is 0.286. The Bertz CT molecular complexity index is 501. The van der Waals surface area contributed by atoms with Gasteiger partial charge in [0.15, 0.2) is 0 Å². The van der Waals surface area contributed by atoms with Gasteiger partial charge in [0.2, 0.25) is 0 Å². The van der Waals surface area contributed by atoms with Crippen molar-refractivity contribution in [3.63, 3.8) is 0 Å². The van der Waals surface area contributed by atoms with Crippen molar-refractivity contribution in [3.05, 3.63) is 55.7 Å². The van der Waals surface area contributed by atoms with Gasteiger partial charge in [0, 0.05) is 4.88 Å². The number of hydrogen-bond donors (Lipinski definition) is 0. The first-order chi connectivity index (χ1) is 8.11. The highest BCUT2D eigenvalue weighted by molar-refractivity contribution is 9.11. The summed E-state index contributed by atoms with van der Waals surface area (Å²) in [6.07, 6.45) is 1.07. The number of thiophene rings is 1. The maximum Gasteiger partial charge on any atom is 0.0846 e. The minimum atomic E-state index is -0.0524. The lowest BCUT2D eigenvalue weighted by Crippen LogP contribution is -1.93. The molecule has 17 heavy (non-hydrogen) atoms. The van der Waals surface area contributed by atoms with E-state index < -0.39 is 0 Å². The van der Waals surface area contributed by atoms with Crippen molar-refractivity contribution in [1.82, 2.24) is 0 Å². The Labute approximate surface area is 120 Å². The molecule has 1 aromatic heterocycles. The highest BCUT2D eigenvalue weighted by Crippen LogP contribution is 2.37. The van der Waals surface area contributed by atoms with Crippen molar-refractivity contribution in [2.45, 2.75) is 25.6 Å². The van der Waals surface area contributed by atoms with E-state index in [1.165, 1.54) is 16.0 Å². The van der Waals surface area contributed by atoms with Crippen molar-refractivity contribution in [3.8, 4) is 0 Å². The number of alkyl halides is 1. The Morgan fingerprint density at radius 3 is 2.41 bits per heavy atom. The molecule has 0 N–H and O–H groups in total. The summed E-state index contributed by atoms with van der Waals surface area (Å²) in [5, 5.41) is -0.0524. The minimum absolute atomic E-state index is 0.0524. The molecule has 2 rings (SSSR count). The summed E-state index contributed by atoms with van der Waals surface area (Å²) >= 11 is 11.8. The van der Waals surface area contributed by atoms with Crippen LogP contribution in [0.25, 0.3) is 0 Å². The van der Waals surface area contributed by atoms with Crippen LogP contribution in [0.5, 0.6) is 0 Å². The van der Waals surface area contributed by atoms with Gasteiger partial charge in [0.25, 0.3) is 0 Å². The van der Waals surface area contributed by atoms with Gasteiger partial charge in [0.05, 0.1) is 9.16 Å². The zero-order valence-corrected chi connectivity index (χ0v) is 13.0. The van der Waals surface area contributed by atoms with Gasteiger partial charge in [-0.15, -0.1) is 22.9 Å². The van der Waals surface area contributed by atoms with E-state index in [0.717, 1.165) is 15.8 Å². The molecule has 0 amide bonds. The predicted molar refractivity (Wildman–Crippen MR) is 80.3 cm³/mol. The summed E-state index contributed by atoms with van der Waals surface area (Å²) in [4.78, 5) is 1.27. The molecule has 0 saturated carbocycles. The van der Waals surface area contributed by atoms with Gasteiger partial charge < -0.3 is 0 Å². The number of benzene rings is 1. The fourth-order valence-corrected chi connectivity index (χ4v) is 4.00. The van der Waals surface area contributed by atoms with E-state index >= 15 is 0 Å². The molecule has 3 heteroatoms. The molecule has 0 saturated heterocycles. The lowest BCUT2D eigenvalue weighted by Gasteiger charge is -2.10. The van der Waals surface area contributed by atoms with Crippen LogP contribution in [0.15, 0.2) is 34.1 Å². The molecule has 2 aromatic rings. The van der Waals surface area contributed by atoms with Crippen molar-refractivity contribution in [2.24, 2.45) is 0 Å². The largest absolute Gasteiger partial charge is 0.133 e. The predicted octanol–water partition coefficient (Wildman–Crippen LogP) is 5.71. The van der Waals surface area contributed by atoms with Crippen molar-refractivity contribution >= 4 is 38.9 Å². The second-order valence-electron chi connectivity index (χ2n) is 4.02. The second kappa shape index (κ2) is 5.55. The molecule has 0 aliphatic carbocycles. The molecule has 0 aliphatic heterocycles. The first kappa shape index (κ1) is 13.1. The smallest absolute Gasteiger partial charge is 0.0846 e. The highest BCUT2D eigenvalue weighted by Gasteiger charge is 2.15. The van der Waals surface area contributed by atoms with Crippen LogP contribution in [-0.4, -0.2) is 0 Å². The highest BCUT2D eigenvalue weighted by atomic mass is 79.9. The molecule has 1 atom stereocenters. The molecule has 0 bridgehead atoms. The van der Waals surface area contributed by atoms with Gasteiger partial charge in [-0.3, -0.25) is 0 Å². The third-order valence-electron chi connectivity index (χ3n) is 2.88. The summed E-state index contributed by atoms with van der Waals surface area (Å²) in [6, 6.07) is 10.7. The Hall–Kier alpha value is -0.310. The number of halogens is 2.